The quantitative estimate of drug-likeness (QED) is 0.629. The smallest absolute Gasteiger partial charge is 0.255 e. The van der Waals surface area contributed by atoms with Crippen molar-refractivity contribution in [2.75, 3.05) is 0 Å². The minimum atomic E-state index is -5.62. The molecule has 0 unspecified atom stereocenters. The van der Waals surface area contributed by atoms with Crippen LogP contribution in [-0.2, 0) is 5.92 Å². The molecule has 0 fully saturated rings. The van der Waals surface area contributed by atoms with E-state index in [2.05, 4.69) is 11.1 Å². The number of hydrogen-bond acceptors (Lipinski definition) is 1. The number of hydrogen-bond donors (Lipinski definition) is 0. The second kappa shape index (κ2) is 2.93. The van der Waals surface area contributed by atoms with Gasteiger partial charge in [0.15, 0.2) is 0 Å². The van der Waals surface area contributed by atoms with Gasteiger partial charge in [-0.25, -0.2) is 0 Å². The van der Waals surface area contributed by atoms with E-state index in [-0.39, 0.29) is 0 Å². The summed E-state index contributed by atoms with van der Waals surface area (Å²) in [6, 6.07) is 3.74. The first-order chi connectivity index (χ1) is 5.86. The Bertz CT molecular complexity index is 279. The summed E-state index contributed by atoms with van der Waals surface area (Å²) in [5, 5.41) is 0. The van der Waals surface area contributed by atoms with E-state index in [1.165, 1.54) is 0 Å². The second-order valence-corrected chi connectivity index (χ2v) is 2.21. The molecule has 0 saturated carbocycles. The molecule has 0 aliphatic heterocycles. The van der Waals surface area contributed by atoms with Gasteiger partial charge in [-0.1, -0.05) is 0 Å². The van der Waals surface area contributed by atoms with E-state index in [4.69, 9.17) is 0 Å². The molecule has 1 radical (unpaired) electrons. The van der Waals surface area contributed by atoms with E-state index in [0.29, 0.717) is 6.07 Å². The Morgan fingerprint density at radius 3 is 2.15 bits per heavy atom. The molecule has 6 heteroatoms. The largest absolute Gasteiger partial charge is 0.459 e. The number of nitrogens with zero attached hydrogens (tertiary/aromatic N) is 1. The maximum Gasteiger partial charge on any atom is 0.459 e. The van der Waals surface area contributed by atoms with Crippen LogP contribution in [0.15, 0.2) is 18.3 Å². The Balaban J connectivity index is 3.08. The molecule has 0 aliphatic carbocycles. The number of pyridine rings is 1. The van der Waals surface area contributed by atoms with Gasteiger partial charge in [0.25, 0.3) is 0 Å². The van der Waals surface area contributed by atoms with Crippen LogP contribution < -0.4 is 0 Å². The standard InChI is InChI=1S/C7H3F5N/c8-6(9,7(10,11)12)5-3-1-2-4-13-5/h2-4H. The SMILES string of the molecule is FC(F)(F)C(F)(F)c1c[c]ccn1. The Morgan fingerprint density at radius 1 is 1.15 bits per heavy atom. The first kappa shape index (κ1) is 9.88. The summed E-state index contributed by atoms with van der Waals surface area (Å²) in [7, 11) is 0. The average molecular weight is 196 g/mol. The van der Waals surface area contributed by atoms with E-state index in [0.717, 1.165) is 12.3 Å². The average Bonchev–Trinajstić information content (AvgIpc) is 2.04. The van der Waals surface area contributed by atoms with Crippen molar-refractivity contribution in [3.05, 3.63) is 30.1 Å². The highest BCUT2D eigenvalue weighted by Gasteiger charge is 2.59. The molecule has 0 bridgehead atoms. The maximum atomic E-state index is 12.5. The monoisotopic (exact) mass is 196 g/mol. The van der Waals surface area contributed by atoms with Gasteiger partial charge in [0.1, 0.15) is 5.69 Å². The zero-order chi connectivity index (χ0) is 10.1. The molecule has 1 nitrogen and oxygen atoms in total. The molecule has 1 heterocycles. The Morgan fingerprint density at radius 2 is 1.77 bits per heavy atom. The summed E-state index contributed by atoms with van der Waals surface area (Å²) in [6.45, 7) is 0. The first-order valence-corrected chi connectivity index (χ1v) is 3.13. The van der Waals surface area contributed by atoms with Gasteiger partial charge >= 0.3 is 12.1 Å². The lowest BCUT2D eigenvalue weighted by atomic mass is 10.2. The fourth-order valence-electron chi connectivity index (χ4n) is 0.642. The molecule has 0 spiro atoms. The third kappa shape index (κ3) is 1.76. The number of rotatable bonds is 1. The Kier molecular flexibility index (Phi) is 2.23. The predicted molar refractivity (Wildman–Crippen MR) is 33.0 cm³/mol. The van der Waals surface area contributed by atoms with E-state index >= 15 is 0 Å². The van der Waals surface area contributed by atoms with Crippen LogP contribution in [0, 0.1) is 6.07 Å². The highest BCUT2D eigenvalue weighted by atomic mass is 19.4. The normalized spacial score (nSPS) is 13.0. The first-order valence-electron chi connectivity index (χ1n) is 3.13. The highest BCUT2D eigenvalue weighted by molar-refractivity contribution is 5.10. The van der Waals surface area contributed by atoms with Crippen molar-refractivity contribution < 1.29 is 22.0 Å². The minimum absolute atomic E-state index is 0.507. The lowest BCUT2D eigenvalue weighted by Crippen LogP contribution is -2.34. The minimum Gasteiger partial charge on any atom is -0.255 e. The molecule has 0 saturated heterocycles. The van der Waals surface area contributed by atoms with Gasteiger partial charge in [-0.05, 0) is 18.2 Å². The van der Waals surface area contributed by atoms with Gasteiger partial charge in [-0.2, -0.15) is 22.0 Å². The van der Waals surface area contributed by atoms with Crippen LogP contribution in [0.25, 0.3) is 0 Å². The summed E-state index contributed by atoms with van der Waals surface area (Å²) in [4.78, 5) is 2.92. The van der Waals surface area contributed by atoms with Crippen LogP contribution in [0.4, 0.5) is 22.0 Å². The number of alkyl halides is 5. The molecule has 71 valence electrons. The Labute approximate surface area is 70.2 Å². The third-order valence-corrected chi connectivity index (χ3v) is 1.28. The summed E-state index contributed by atoms with van der Waals surface area (Å²) < 4.78 is 60.1. The topological polar surface area (TPSA) is 12.9 Å². The molecular formula is C7H3F5N. The molecule has 0 N–H and O–H groups in total. The lowest BCUT2D eigenvalue weighted by molar-refractivity contribution is -0.290. The van der Waals surface area contributed by atoms with Crippen LogP contribution in [0.2, 0.25) is 0 Å². The molecule has 13 heavy (non-hydrogen) atoms. The molecule has 0 aliphatic rings. The summed E-state index contributed by atoms with van der Waals surface area (Å²) in [6.07, 6.45) is -4.79. The van der Waals surface area contributed by atoms with Crippen LogP contribution in [0.3, 0.4) is 0 Å². The van der Waals surface area contributed by atoms with Crippen molar-refractivity contribution in [2.45, 2.75) is 12.1 Å². The van der Waals surface area contributed by atoms with Crippen LogP contribution >= 0.6 is 0 Å². The molecule has 0 aromatic carbocycles. The second-order valence-electron chi connectivity index (χ2n) is 2.21. The van der Waals surface area contributed by atoms with Crippen LogP contribution in [-0.4, -0.2) is 11.2 Å². The van der Waals surface area contributed by atoms with Crippen molar-refractivity contribution in [3.8, 4) is 0 Å². The van der Waals surface area contributed by atoms with Crippen molar-refractivity contribution in [1.29, 1.82) is 0 Å². The van der Waals surface area contributed by atoms with Gasteiger partial charge in [0.2, 0.25) is 0 Å². The molecule has 0 atom stereocenters. The van der Waals surface area contributed by atoms with Gasteiger partial charge in [0, 0.05) is 6.20 Å². The Hall–Kier alpha value is -1.20. The summed E-state index contributed by atoms with van der Waals surface area (Å²) in [5.74, 6) is -4.91. The summed E-state index contributed by atoms with van der Waals surface area (Å²) >= 11 is 0. The highest BCUT2D eigenvalue weighted by Crippen LogP contribution is 2.42. The van der Waals surface area contributed by atoms with Gasteiger partial charge in [0.05, 0.1) is 0 Å². The van der Waals surface area contributed by atoms with Crippen molar-refractivity contribution in [3.63, 3.8) is 0 Å². The fourth-order valence-corrected chi connectivity index (χ4v) is 0.642. The fraction of sp³-hybridized carbons (Fsp3) is 0.286. The van der Waals surface area contributed by atoms with Crippen molar-refractivity contribution in [2.24, 2.45) is 0 Å². The van der Waals surface area contributed by atoms with E-state index in [1.54, 1.807) is 0 Å². The van der Waals surface area contributed by atoms with Crippen molar-refractivity contribution in [1.82, 2.24) is 4.98 Å². The number of aromatic nitrogens is 1. The molecular weight excluding hydrogens is 193 g/mol. The van der Waals surface area contributed by atoms with Gasteiger partial charge in [-0.15, -0.1) is 0 Å². The van der Waals surface area contributed by atoms with E-state index < -0.39 is 17.8 Å². The van der Waals surface area contributed by atoms with Crippen LogP contribution in [0.1, 0.15) is 5.69 Å². The van der Waals surface area contributed by atoms with E-state index in [9.17, 15) is 22.0 Å². The molecule has 1 aromatic heterocycles. The van der Waals surface area contributed by atoms with Gasteiger partial charge < -0.3 is 0 Å². The van der Waals surface area contributed by atoms with Gasteiger partial charge in [-0.3, -0.25) is 4.98 Å². The van der Waals surface area contributed by atoms with E-state index in [1.807, 2.05) is 0 Å². The van der Waals surface area contributed by atoms with Crippen molar-refractivity contribution >= 4 is 0 Å². The molecule has 1 aromatic rings. The zero-order valence-corrected chi connectivity index (χ0v) is 6.07. The lowest BCUT2D eigenvalue weighted by Gasteiger charge is -2.18. The van der Waals surface area contributed by atoms with Crippen LogP contribution in [0.5, 0.6) is 0 Å². The summed E-state index contributed by atoms with van der Waals surface area (Å²) in [5.41, 5.74) is -1.34. The third-order valence-electron chi connectivity index (χ3n) is 1.28. The predicted octanol–water partition coefficient (Wildman–Crippen LogP) is 2.54. The maximum absolute atomic E-state index is 12.5. The molecule has 0 amide bonds. The molecule has 1 rings (SSSR count). The zero-order valence-electron chi connectivity index (χ0n) is 6.07. The number of halogens is 5.